The highest BCUT2D eigenvalue weighted by atomic mass is 79.9. The van der Waals surface area contributed by atoms with E-state index < -0.39 is 11.6 Å². The highest BCUT2D eigenvalue weighted by Gasteiger charge is 2.20. The molecule has 2 heterocycles. The van der Waals surface area contributed by atoms with E-state index in [-0.39, 0.29) is 11.6 Å². The summed E-state index contributed by atoms with van der Waals surface area (Å²) in [6.07, 6.45) is 2.90. The molecular weight excluding hydrogens is 418 g/mol. The normalized spacial score (nSPS) is 11.9. The molecule has 4 rings (SSSR count). The van der Waals surface area contributed by atoms with E-state index in [0.717, 1.165) is 16.6 Å². The molecule has 5 nitrogen and oxygen atoms in total. The average molecular weight is 429 g/mol. The molecule has 0 saturated carbocycles. The van der Waals surface area contributed by atoms with E-state index in [0.29, 0.717) is 27.7 Å². The summed E-state index contributed by atoms with van der Waals surface area (Å²) in [5.41, 5.74) is 2.07. The minimum absolute atomic E-state index is 0.131. The zero-order valence-electron chi connectivity index (χ0n) is 13.6. The molecule has 0 amide bonds. The van der Waals surface area contributed by atoms with E-state index in [4.69, 9.17) is 0 Å². The molecule has 8 heteroatoms. The van der Waals surface area contributed by atoms with Crippen molar-refractivity contribution in [1.29, 1.82) is 0 Å². The lowest BCUT2D eigenvalue weighted by atomic mass is 10.0. The molecule has 2 aromatic heterocycles. The van der Waals surface area contributed by atoms with Crippen molar-refractivity contribution in [1.82, 2.24) is 15.2 Å². The molecule has 0 aliphatic rings. The Bertz CT molecular complexity index is 1180. The summed E-state index contributed by atoms with van der Waals surface area (Å²) in [7, 11) is 0. The van der Waals surface area contributed by atoms with Crippen molar-refractivity contribution < 1.29 is 13.9 Å². The highest BCUT2D eigenvalue weighted by molar-refractivity contribution is 9.10. The van der Waals surface area contributed by atoms with Crippen LogP contribution in [-0.4, -0.2) is 26.0 Å². The zero-order chi connectivity index (χ0) is 19.0. The van der Waals surface area contributed by atoms with Crippen LogP contribution in [0, 0.1) is 11.6 Å². The molecule has 0 atom stereocenters. The number of H-pyrrole nitrogens is 1. The van der Waals surface area contributed by atoms with Crippen LogP contribution in [0.2, 0.25) is 0 Å². The molecule has 0 spiro atoms. The standard InChI is InChI=1S/C19H11BrF2N4O/c20-11-2-4-16-13(8-11)17(19(27)26-16)18(25-12-5-6-23-24-9-12)10-1-3-14(21)15(22)7-10/h1-9,26-27H. The number of hydrogen-bond acceptors (Lipinski definition) is 4. The largest absolute Gasteiger partial charge is 0.494 e. The number of fused-ring (bicyclic) bond motifs is 1. The monoisotopic (exact) mass is 428 g/mol. The quantitative estimate of drug-likeness (QED) is 0.457. The molecule has 2 N–H and O–H groups in total. The molecule has 134 valence electrons. The summed E-state index contributed by atoms with van der Waals surface area (Å²) in [6, 6.07) is 10.5. The van der Waals surface area contributed by atoms with Crippen LogP contribution in [0.5, 0.6) is 5.88 Å². The Morgan fingerprint density at radius 3 is 2.63 bits per heavy atom. The Hall–Kier alpha value is -3.13. The molecule has 4 aromatic rings. The second-order valence-electron chi connectivity index (χ2n) is 5.73. The van der Waals surface area contributed by atoms with Gasteiger partial charge in [-0.05, 0) is 42.5 Å². The number of benzene rings is 2. The van der Waals surface area contributed by atoms with Gasteiger partial charge in [-0.1, -0.05) is 15.9 Å². The summed E-state index contributed by atoms with van der Waals surface area (Å²) in [4.78, 5) is 7.39. The van der Waals surface area contributed by atoms with Crippen molar-refractivity contribution >= 4 is 38.2 Å². The lowest BCUT2D eigenvalue weighted by Crippen LogP contribution is -2.04. The third kappa shape index (κ3) is 3.31. The van der Waals surface area contributed by atoms with Crippen molar-refractivity contribution in [2.75, 3.05) is 0 Å². The van der Waals surface area contributed by atoms with E-state index in [1.54, 1.807) is 18.2 Å². The number of aromatic hydroxyl groups is 1. The Morgan fingerprint density at radius 2 is 1.89 bits per heavy atom. The molecule has 2 aromatic carbocycles. The average Bonchev–Trinajstić information content (AvgIpc) is 2.98. The number of halogens is 3. The Morgan fingerprint density at radius 1 is 1.04 bits per heavy atom. The molecule has 0 unspecified atom stereocenters. The molecule has 0 aliphatic carbocycles. The van der Waals surface area contributed by atoms with E-state index >= 15 is 0 Å². The third-order valence-corrected chi connectivity index (χ3v) is 4.47. The molecular formula is C19H11BrF2N4O. The lowest BCUT2D eigenvalue weighted by molar-refractivity contribution is 0.457. The number of rotatable bonds is 3. The van der Waals surface area contributed by atoms with Gasteiger partial charge in [0.2, 0.25) is 0 Å². The number of nitrogens with zero attached hydrogens (tertiary/aromatic N) is 3. The van der Waals surface area contributed by atoms with Gasteiger partial charge in [0, 0.05) is 20.9 Å². The number of aromatic nitrogens is 3. The summed E-state index contributed by atoms with van der Waals surface area (Å²) >= 11 is 3.41. The molecule has 0 bridgehead atoms. The second-order valence-corrected chi connectivity index (χ2v) is 6.64. The van der Waals surface area contributed by atoms with Gasteiger partial charge in [0.1, 0.15) is 0 Å². The van der Waals surface area contributed by atoms with Crippen LogP contribution in [0.4, 0.5) is 14.5 Å². The number of aliphatic imine (C=N–C) groups is 1. The first-order valence-electron chi connectivity index (χ1n) is 7.84. The summed E-state index contributed by atoms with van der Waals surface area (Å²) in [5, 5.41) is 18.7. The van der Waals surface area contributed by atoms with Gasteiger partial charge in [-0.25, -0.2) is 13.8 Å². The van der Waals surface area contributed by atoms with Gasteiger partial charge in [-0.2, -0.15) is 10.2 Å². The first-order chi connectivity index (χ1) is 13.0. The van der Waals surface area contributed by atoms with Crippen LogP contribution < -0.4 is 0 Å². The fourth-order valence-corrected chi connectivity index (χ4v) is 3.14. The summed E-state index contributed by atoms with van der Waals surface area (Å²) in [6.45, 7) is 0. The van der Waals surface area contributed by atoms with Crippen molar-refractivity contribution in [3.05, 3.63) is 82.1 Å². The van der Waals surface area contributed by atoms with Crippen LogP contribution in [-0.2, 0) is 0 Å². The molecule has 0 aliphatic heterocycles. The van der Waals surface area contributed by atoms with Gasteiger partial charge in [0.05, 0.1) is 29.4 Å². The minimum Gasteiger partial charge on any atom is -0.494 e. The molecule has 0 fully saturated rings. The van der Waals surface area contributed by atoms with Gasteiger partial charge >= 0.3 is 0 Å². The Balaban J connectivity index is 2.02. The Kier molecular flexibility index (Phi) is 4.41. The second kappa shape index (κ2) is 6.88. The van der Waals surface area contributed by atoms with Crippen LogP contribution in [0.1, 0.15) is 11.1 Å². The number of hydrogen-bond donors (Lipinski definition) is 2. The fraction of sp³-hybridized carbons (Fsp3) is 0. The van der Waals surface area contributed by atoms with Gasteiger partial charge in [-0.15, -0.1) is 0 Å². The number of aromatic amines is 1. The highest BCUT2D eigenvalue weighted by Crippen LogP contribution is 2.33. The molecule has 0 saturated heterocycles. The maximum atomic E-state index is 13.9. The summed E-state index contributed by atoms with van der Waals surface area (Å²) < 4.78 is 28.1. The van der Waals surface area contributed by atoms with Gasteiger partial charge < -0.3 is 10.1 Å². The smallest absolute Gasteiger partial charge is 0.199 e. The van der Waals surface area contributed by atoms with Gasteiger partial charge in [-0.3, -0.25) is 0 Å². The van der Waals surface area contributed by atoms with Gasteiger partial charge in [0.15, 0.2) is 17.5 Å². The SMILES string of the molecule is Oc1[nH]c2ccc(Br)cc2c1C(=Nc1ccnnc1)c1ccc(F)c(F)c1. The Labute approximate surface area is 160 Å². The predicted octanol–water partition coefficient (Wildman–Crippen LogP) is 4.87. The van der Waals surface area contributed by atoms with Crippen molar-refractivity contribution in [2.45, 2.75) is 0 Å². The molecule has 0 radical (unpaired) electrons. The maximum absolute atomic E-state index is 13.9. The fourth-order valence-electron chi connectivity index (χ4n) is 2.78. The number of nitrogens with one attached hydrogen (secondary N) is 1. The van der Waals surface area contributed by atoms with Crippen LogP contribution >= 0.6 is 15.9 Å². The van der Waals surface area contributed by atoms with Crippen molar-refractivity contribution in [3.8, 4) is 5.88 Å². The van der Waals surface area contributed by atoms with Crippen LogP contribution in [0.15, 0.2) is 64.3 Å². The minimum atomic E-state index is -1.01. The van der Waals surface area contributed by atoms with Crippen LogP contribution in [0.25, 0.3) is 10.9 Å². The van der Waals surface area contributed by atoms with Gasteiger partial charge in [0.25, 0.3) is 0 Å². The van der Waals surface area contributed by atoms with Crippen molar-refractivity contribution in [2.24, 2.45) is 4.99 Å². The van der Waals surface area contributed by atoms with E-state index in [1.165, 1.54) is 18.5 Å². The third-order valence-electron chi connectivity index (χ3n) is 3.98. The van der Waals surface area contributed by atoms with E-state index in [9.17, 15) is 13.9 Å². The lowest BCUT2D eigenvalue weighted by Gasteiger charge is -2.08. The molecule has 27 heavy (non-hydrogen) atoms. The summed E-state index contributed by atoms with van der Waals surface area (Å²) in [5.74, 6) is -2.10. The predicted molar refractivity (Wildman–Crippen MR) is 101 cm³/mol. The topological polar surface area (TPSA) is 74.2 Å². The maximum Gasteiger partial charge on any atom is 0.199 e. The first-order valence-corrected chi connectivity index (χ1v) is 8.63. The van der Waals surface area contributed by atoms with E-state index in [1.807, 2.05) is 6.07 Å². The van der Waals surface area contributed by atoms with Crippen LogP contribution in [0.3, 0.4) is 0 Å². The zero-order valence-corrected chi connectivity index (χ0v) is 15.2. The van der Waals surface area contributed by atoms with Crippen molar-refractivity contribution in [3.63, 3.8) is 0 Å². The van der Waals surface area contributed by atoms with E-state index in [2.05, 4.69) is 36.1 Å². The first kappa shape index (κ1) is 17.3.